The van der Waals surface area contributed by atoms with Gasteiger partial charge in [0.1, 0.15) is 11.9 Å². The largest absolute Gasteiger partial charge is 0.416 e. The first-order chi connectivity index (χ1) is 18.8. The number of alkyl halides is 3. The Morgan fingerprint density at radius 2 is 1.88 bits per heavy atom. The summed E-state index contributed by atoms with van der Waals surface area (Å²) in [5.74, 6) is 3.08. The summed E-state index contributed by atoms with van der Waals surface area (Å²) in [4.78, 5) is 28.8. The summed E-state index contributed by atoms with van der Waals surface area (Å²) in [6.45, 7) is 1.96. The molecule has 2 aliphatic heterocycles. The number of fused-ring (bicyclic) bond motifs is 1. The van der Waals surface area contributed by atoms with Crippen LogP contribution in [-0.2, 0) is 25.5 Å². The molecule has 212 valence electrons. The number of rotatable bonds is 6. The normalized spacial score (nSPS) is 23.1. The van der Waals surface area contributed by atoms with Crippen molar-refractivity contribution in [3.05, 3.63) is 64.5 Å². The lowest BCUT2D eigenvalue weighted by Crippen LogP contribution is -2.52. The molecule has 40 heavy (non-hydrogen) atoms. The zero-order valence-corrected chi connectivity index (χ0v) is 22.4. The second-order valence-corrected chi connectivity index (χ2v) is 12.4. The van der Waals surface area contributed by atoms with Crippen molar-refractivity contribution < 1.29 is 40.3 Å². The zero-order valence-electron chi connectivity index (χ0n) is 21.6. The van der Waals surface area contributed by atoms with Gasteiger partial charge >= 0.3 is 6.18 Å². The number of likely N-dealkylation sites (tertiary alicyclic amines) is 1. The average molecular weight is 579 g/mol. The van der Waals surface area contributed by atoms with Crippen LogP contribution in [0.15, 0.2) is 41.3 Å². The standard InChI is InChI=1S/C28H26F4N2O5S/c1-15-6-7-17(11-24(15)40(2,37)38)27(36)34-22-5-3-4-16(22)10-23(34)26(35)33-25(18-13-39-14-18)20-9-8-19(12-21(20)29)28(30,31)32/h6-9,11-12,16,18,22-23,25H,5,10,13-14H2,1-2H3,(H,33,35)/t16-,22-,23-,25-/m1/s1. The van der Waals surface area contributed by atoms with Gasteiger partial charge in [-0.2, -0.15) is 13.2 Å². The first-order valence-electron chi connectivity index (χ1n) is 12.6. The third-order valence-electron chi connectivity index (χ3n) is 7.70. The maximum atomic E-state index is 14.9. The van der Waals surface area contributed by atoms with Crippen LogP contribution < -0.4 is 5.32 Å². The van der Waals surface area contributed by atoms with E-state index >= 15 is 0 Å². The van der Waals surface area contributed by atoms with E-state index in [4.69, 9.17) is 4.74 Å². The van der Waals surface area contributed by atoms with Crippen molar-refractivity contribution in [2.75, 3.05) is 19.5 Å². The molecule has 2 aromatic rings. The predicted molar refractivity (Wildman–Crippen MR) is 135 cm³/mol. The summed E-state index contributed by atoms with van der Waals surface area (Å²) in [5.41, 5.74) is -0.689. The van der Waals surface area contributed by atoms with E-state index in [1.807, 2.05) is 0 Å². The highest BCUT2D eigenvalue weighted by Crippen LogP contribution is 2.38. The van der Waals surface area contributed by atoms with Gasteiger partial charge in [-0.05, 0) is 43.2 Å². The highest BCUT2D eigenvalue weighted by molar-refractivity contribution is 7.90. The Kier molecular flexibility index (Phi) is 7.17. The van der Waals surface area contributed by atoms with E-state index in [1.54, 1.807) is 6.92 Å². The van der Waals surface area contributed by atoms with Crippen LogP contribution in [0.5, 0.6) is 0 Å². The van der Waals surface area contributed by atoms with Gasteiger partial charge in [-0.1, -0.05) is 18.1 Å². The summed E-state index contributed by atoms with van der Waals surface area (Å²) in [6.07, 6.45) is -3.14. The Bertz CT molecular complexity index is 1540. The molecule has 2 saturated heterocycles. The Labute approximate surface area is 228 Å². The topological polar surface area (TPSA) is 92.8 Å². The summed E-state index contributed by atoms with van der Waals surface area (Å²) in [7, 11) is -3.62. The number of hydrogen-bond donors (Lipinski definition) is 1. The highest BCUT2D eigenvalue weighted by atomic mass is 32.2. The SMILES string of the molecule is Cc1ccc(C(=O)N2[C@@H](C(=O)N[C@@H](c3ccc(C(F)(F)F)cc3F)C3COC3)C[C@H]3C#CC[C@H]32)cc1S(C)(=O)=O. The van der Waals surface area contributed by atoms with E-state index in [1.165, 1.54) is 23.1 Å². The molecule has 0 spiro atoms. The molecule has 2 heterocycles. The number of ether oxygens (including phenoxy) is 1. The molecule has 2 amide bonds. The fourth-order valence-corrected chi connectivity index (χ4v) is 6.53. The third kappa shape index (κ3) is 5.20. The van der Waals surface area contributed by atoms with Crippen LogP contribution in [0.1, 0.15) is 45.9 Å². The van der Waals surface area contributed by atoms with E-state index in [0.29, 0.717) is 18.1 Å². The molecule has 0 unspecified atom stereocenters. The second-order valence-electron chi connectivity index (χ2n) is 10.4. The Morgan fingerprint density at radius 3 is 2.48 bits per heavy atom. The lowest BCUT2D eigenvalue weighted by molar-refractivity contribution is -0.138. The quantitative estimate of drug-likeness (QED) is 0.417. The Balaban J connectivity index is 1.45. The number of halogens is 4. The molecule has 4 atom stereocenters. The number of carbonyl (C=O) groups excluding carboxylic acids is 2. The van der Waals surface area contributed by atoms with Gasteiger partial charge in [-0.3, -0.25) is 9.59 Å². The molecule has 7 nitrogen and oxygen atoms in total. The molecule has 2 aromatic carbocycles. The van der Waals surface area contributed by atoms with Gasteiger partial charge in [-0.15, -0.1) is 5.92 Å². The van der Waals surface area contributed by atoms with Gasteiger partial charge < -0.3 is 15.0 Å². The number of carbonyl (C=O) groups is 2. The molecule has 1 N–H and O–H groups in total. The van der Waals surface area contributed by atoms with Crippen LogP contribution in [0.25, 0.3) is 0 Å². The minimum atomic E-state index is -4.73. The monoisotopic (exact) mass is 578 g/mol. The first kappa shape index (κ1) is 28.1. The molecule has 0 aromatic heterocycles. The van der Waals surface area contributed by atoms with Crippen LogP contribution in [0.4, 0.5) is 17.6 Å². The molecule has 0 radical (unpaired) electrons. The smallest absolute Gasteiger partial charge is 0.381 e. The van der Waals surface area contributed by atoms with E-state index in [-0.39, 0.29) is 47.5 Å². The number of amides is 2. The van der Waals surface area contributed by atoms with Gasteiger partial charge in [-0.25, -0.2) is 12.8 Å². The molecule has 0 bridgehead atoms. The number of nitrogens with zero attached hydrogens (tertiary/aromatic N) is 1. The molecular weight excluding hydrogens is 552 g/mol. The number of aryl methyl sites for hydroxylation is 1. The van der Waals surface area contributed by atoms with Gasteiger partial charge in [0, 0.05) is 35.6 Å². The zero-order chi connectivity index (χ0) is 29.0. The minimum absolute atomic E-state index is 0.000553. The maximum absolute atomic E-state index is 14.9. The molecule has 1 aliphatic carbocycles. The fraction of sp³-hybridized carbons (Fsp3) is 0.429. The summed E-state index contributed by atoms with van der Waals surface area (Å²) >= 11 is 0. The fourth-order valence-electron chi connectivity index (χ4n) is 5.53. The average Bonchev–Trinajstić information content (AvgIpc) is 3.42. The van der Waals surface area contributed by atoms with Crippen molar-refractivity contribution in [2.24, 2.45) is 11.8 Å². The molecule has 12 heteroatoms. The van der Waals surface area contributed by atoms with E-state index < -0.39 is 57.3 Å². The third-order valence-corrected chi connectivity index (χ3v) is 8.94. The predicted octanol–water partition coefficient (Wildman–Crippen LogP) is 3.67. The lowest BCUT2D eigenvalue weighted by atomic mass is 9.90. The van der Waals surface area contributed by atoms with Crippen LogP contribution in [0.3, 0.4) is 0 Å². The Hall–Kier alpha value is -3.43. The van der Waals surface area contributed by atoms with Crippen molar-refractivity contribution in [3.63, 3.8) is 0 Å². The minimum Gasteiger partial charge on any atom is -0.381 e. The van der Waals surface area contributed by atoms with E-state index in [9.17, 15) is 35.6 Å². The van der Waals surface area contributed by atoms with Crippen LogP contribution in [0, 0.1) is 36.4 Å². The van der Waals surface area contributed by atoms with Crippen molar-refractivity contribution in [1.29, 1.82) is 0 Å². The van der Waals surface area contributed by atoms with Crippen LogP contribution in [0.2, 0.25) is 0 Å². The summed E-state index contributed by atoms with van der Waals surface area (Å²) < 4.78 is 83.9. The molecule has 5 rings (SSSR count). The first-order valence-corrected chi connectivity index (χ1v) is 14.5. The maximum Gasteiger partial charge on any atom is 0.416 e. The van der Waals surface area contributed by atoms with Crippen molar-refractivity contribution in [3.8, 4) is 11.8 Å². The van der Waals surface area contributed by atoms with Crippen molar-refractivity contribution >= 4 is 21.7 Å². The van der Waals surface area contributed by atoms with Gasteiger partial charge in [0.15, 0.2) is 9.84 Å². The highest BCUT2D eigenvalue weighted by Gasteiger charge is 2.48. The van der Waals surface area contributed by atoms with E-state index in [0.717, 1.165) is 18.4 Å². The Morgan fingerprint density at radius 1 is 1.15 bits per heavy atom. The number of benzene rings is 2. The van der Waals surface area contributed by atoms with E-state index in [2.05, 4.69) is 17.2 Å². The molecule has 3 aliphatic rings. The van der Waals surface area contributed by atoms with Crippen molar-refractivity contribution in [1.82, 2.24) is 10.2 Å². The molecular formula is C28H26F4N2O5S. The van der Waals surface area contributed by atoms with Gasteiger partial charge in [0.25, 0.3) is 5.91 Å². The van der Waals surface area contributed by atoms with Crippen LogP contribution >= 0.6 is 0 Å². The van der Waals surface area contributed by atoms with Crippen LogP contribution in [-0.4, -0.2) is 56.7 Å². The van der Waals surface area contributed by atoms with Gasteiger partial charge in [0.05, 0.1) is 35.8 Å². The lowest BCUT2D eigenvalue weighted by Gasteiger charge is -2.36. The number of nitrogens with one attached hydrogen (secondary N) is 1. The number of sulfone groups is 1. The summed E-state index contributed by atoms with van der Waals surface area (Å²) in [6, 6.07) is 4.07. The molecule has 0 saturated carbocycles. The number of hydrogen-bond acceptors (Lipinski definition) is 5. The summed E-state index contributed by atoms with van der Waals surface area (Å²) in [5, 5.41) is 2.77. The van der Waals surface area contributed by atoms with Gasteiger partial charge in [0.2, 0.25) is 5.91 Å². The molecule has 2 fully saturated rings. The second kappa shape index (κ2) is 10.2. The van der Waals surface area contributed by atoms with Crippen molar-refractivity contribution in [2.45, 2.75) is 49.0 Å².